The highest BCUT2D eigenvalue weighted by molar-refractivity contribution is 5.86. The van der Waals surface area contributed by atoms with E-state index in [2.05, 4.69) is 11.4 Å². The van der Waals surface area contributed by atoms with Gasteiger partial charge < -0.3 is 19.9 Å². The lowest BCUT2D eigenvalue weighted by molar-refractivity contribution is -0.130. The SMILES string of the molecule is COc1ccc(C#N)c(N2CCNCC2C(=O)N(C)C)c1. The monoisotopic (exact) mass is 288 g/mol. The van der Waals surface area contributed by atoms with Gasteiger partial charge in [0.25, 0.3) is 0 Å². The molecular weight excluding hydrogens is 268 g/mol. The lowest BCUT2D eigenvalue weighted by atomic mass is 10.1. The van der Waals surface area contributed by atoms with Gasteiger partial charge in [-0.25, -0.2) is 0 Å². The molecule has 2 rings (SSSR count). The Morgan fingerprint density at radius 1 is 1.52 bits per heavy atom. The Labute approximate surface area is 124 Å². The summed E-state index contributed by atoms with van der Waals surface area (Å²) in [4.78, 5) is 15.9. The van der Waals surface area contributed by atoms with Gasteiger partial charge in [0.1, 0.15) is 17.9 Å². The van der Waals surface area contributed by atoms with Gasteiger partial charge in [0, 0.05) is 39.8 Å². The fourth-order valence-corrected chi connectivity index (χ4v) is 2.48. The third-order valence-corrected chi connectivity index (χ3v) is 3.60. The van der Waals surface area contributed by atoms with Gasteiger partial charge in [0.05, 0.1) is 18.4 Å². The van der Waals surface area contributed by atoms with Gasteiger partial charge in [0.15, 0.2) is 0 Å². The third-order valence-electron chi connectivity index (χ3n) is 3.60. The molecule has 1 aliphatic rings. The molecule has 1 N–H and O–H groups in total. The van der Waals surface area contributed by atoms with E-state index in [1.807, 2.05) is 11.0 Å². The van der Waals surface area contributed by atoms with Crippen molar-refractivity contribution in [3.8, 4) is 11.8 Å². The van der Waals surface area contributed by atoms with Gasteiger partial charge in [-0.1, -0.05) is 0 Å². The molecule has 1 aliphatic heterocycles. The lowest BCUT2D eigenvalue weighted by Crippen LogP contribution is -2.58. The van der Waals surface area contributed by atoms with E-state index in [0.29, 0.717) is 24.4 Å². The van der Waals surface area contributed by atoms with Crippen LogP contribution in [0.1, 0.15) is 5.56 Å². The number of amides is 1. The molecule has 112 valence electrons. The maximum Gasteiger partial charge on any atom is 0.246 e. The normalized spacial score (nSPS) is 18.0. The Bertz CT molecular complexity index is 565. The number of carbonyl (C=O) groups excluding carboxylic acids is 1. The van der Waals surface area contributed by atoms with Crippen LogP contribution in [0.3, 0.4) is 0 Å². The minimum absolute atomic E-state index is 0.0221. The highest BCUT2D eigenvalue weighted by atomic mass is 16.5. The van der Waals surface area contributed by atoms with Gasteiger partial charge in [-0.3, -0.25) is 4.79 Å². The fraction of sp³-hybridized carbons (Fsp3) is 0.467. The quantitative estimate of drug-likeness (QED) is 0.874. The van der Waals surface area contributed by atoms with Gasteiger partial charge in [-0.2, -0.15) is 5.26 Å². The Hall–Kier alpha value is -2.26. The van der Waals surface area contributed by atoms with Crippen LogP contribution in [0.4, 0.5) is 5.69 Å². The number of ether oxygens (including phenoxy) is 1. The molecule has 6 heteroatoms. The first-order valence-corrected chi connectivity index (χ1v) is 6.85. The van der Waals surface area contributed by atoms with E-state index in [1.54, 1.807) is 38.2 Å². The van der Waals surface area contributed by atoms with Crippen LogP contribution < -0.4 is 15.0 Å². The molecule has 0 spiro atoms. The Kier molecular flexibility index (Phi) is 4.66. The first-order chi connectivity index (χ1) is 10.1. The summed E-state index contributed by atoms with van der Waals surface area (Å²) in [6, 6.07) is 7.18. The molecule has 1 fully saturated rings. The number of nitrogens with one attached hydrogen (secondary N) is 1. The second-order valence-corrected chi connectivity index (χ2v) is 5.14. The number of likely N-dealkylation sites (N-methyl/N-ethyl adjacent to an activating group) is 1. The Balaban J connectivity index is 2.41. The molecule has 21 heavy (non-hydrogen) atoms. The maximum atomic E-state index is 12.4. The number of anilines is 1. The van der Waals surface area contributed by atoms with E-state index in [1.165, 1.54) is 0 Å². The molecule has 1 saturated heterocycles. The van der Waals surface area contributed by atoms with Crippen molar-refractivity contribution >= 4 is 11.6 Å². The van der Waals surface area contributed by atoms with Gasteiger partial charge in [-0.15, -0.1) is 0 Å². The second kappa shape index (κ2) is 6.46. The van der Waals surface area contributed by atoms with Gasteiger partial charge >= 0.3 is 0 Å². The molecular formula is C15H20N4O2. The lowest BCUT2D eigenvalue weighted by Gasteiger charge is -2.38. The molecule has 1 amide bonds. The predicted octanol–water partition coefficient (Wildman–Crippen LogP) is 0.433. The van der Waals surface area contributed by atoms with Gasteiger partial charge in [-0.05, 0) is 12.1 Å². The third kappa shape index (κ3) is 3.09. The van der Waals surface area contributed by atoms with Crippen LogP contribution in [0, 0.1) is 11.3 Å². The van der Waals surface area contributed by atoms with Crippen molar-refractivity contribution in [1.29, 1.82) is 5.26 Å². The highest BCUT2D eigenvalue weighted by Gasteiger charge is 2.31. The molecule has 6 nitrogen and oxygen atoms in total. The minimum Gasteiger partial charge on any atom is -0.497 e. The topological polar surface area (TPSA) is 68.6 Å². The standard InChI is InChI=1S/C15H20N4O2/c1-18(2)15(20)14-10-17-6-7-19(14)13-8-12(21-3)5-4-11(13)9-16/h4-5,8,14,17H,6-7,10H2,1-3H3. The first-order valence-electron chi connectivity index (χ1n) is 6.85. The molecule has 0 aliphatic carbocycles. The number of piperazine rings is 1. The Morgan fingerprint density at radius 3 is 2.90 bits per heavy atom. The van der Waals surface area contributed by atoms with Crippen molar-refractivity contribution < 1.29 is 9.53 Å². The van der Waals surface area contributed by atoms with Crippen molar-refractivity contribution in [2.45, 2.75) is 6.04 Å². The van der Waals surface area contributed by atoms with Crippen molar-refractivity contribution in [3.05, 3.63) is 23.8 Å². The largest absolute Gasteiger partial charge is 0.497 e. The van der Waals surface area contributed by atoms with Gasteiger partial charge in [0.2, 0.25) is 5.91 Å². The summed E-state index contributed by atoms with van der Waals surface area (Å²) in [6.45, 7) is 2.02. The molecule has 0 bridgehead atoms. The molecule has 1 aromatic rings. The van der Waals surface area contributed by atoms with E-state index in [0.717, 1.165) is 12.2 Å². The molecule has 0 radical (unpaired) electrons. The molecule has 0 saturated carbocycles. The maximum absolute atomic E-state index is 12.4. The number of hydrogen-bond donors (Lipinski definition) is 1. The summed E-state index contributed by atoms with van der Waals surface area (Å²) in [5, 5.41) is 12.6. The smallest absolute Gasteiger partial charge is 0.246 e. The number of nitrogens with zero attached hydrogens (tertiary/aromatic N) is 3. The van der Waals surface area contributed by atoms with Crippen LogP contribution >= 0.6 is 0 Å². The number of carbonyl (C=O) groups is 1. The fourth-order valence-electron chi connectivity index (χ4n) is 2.48. The second-order valence-electron chi connectivity index (χ2n) is 5.14. The molecule has 1 heterocycles. The number of nitriles is 1. The van der Waals surface area contributed by atoms with Crippen LogP contribution in [-0.4, -0.2) is 57.7 Å². The summed E-state index contributed by atoms with van der Waals surface area (Å²) in [5.74, 6) is 0.701. The van der Waals surface area contributed by atoms with E-state index in [9.17, 15) is 10.1 Å². The number of hydrogen-bond acceptors (Lipinski definition) is 5. The number of rotatable bonds is 3. The van der Waals surface area contributed by atoms with E-state index >= 15 is 0 Å². The highest BCUT2D eigenvalue weighted by Crippen LogP contribution is 2.28. The van der Waals surface area contributed by atoms with Crippen molar-refractivity contribution in [1.82, 2.24) is 10.2 Å². The molecule has 1 unspecified atom stereocenters. The van der Waals surface area contributed by atoms with Crippen LogP contribution in [0.2, 0.25) is 0 Å². The van der Waals surface area contributed by atoms with Crippen LogP contribution in [0.25, 0.3) is 0 Å². The zero-order chi connectivity index (χ0) is 15.4. The first kappa shape index (κ1) is 15.1. The zero-order valence-electron chi connectivity index (χ0n) is 12.6. The van der Waals surface area contributed by atoms with Crippen LogP contribution in [0.5, 0.6) is 5.75 Å². The minimum atomic E-state index is -0.312. The summed E-state index contributed by atoms with van der Waals surface area (Å²) in [6.07, 6.45) is 0. The summed E-state index contributed by atoms with van der Waals surface area (Å²) in [5.41, 5.74) is 1.30. The zero-order valence-corrected chi connectivity index (χ0v) is 12.6. The van der Waals surface area contributed by atoms with Crippen LogP contribution in [0.15, 0.2) is 18.2 Å². The predicted molar refractivity (Wildman–Crippen MR) is 80.4 cm³/mol. The number of benzene rings is 1. The van der Waals surface area contributed by atoms with E-state index in [4.69, 9.17) is 4.74 Å². The summed E-state index contributed by atoms with van der Waals surface area (Å²) >= 11 is 0. The summed E-state index contributed by atoms with van der Waals surface area (Å²) < 4.78 is 5.24. The van der Waals surface area contributed by atoms with Crippen LogP contribution in [-0.2, 0) is 4.79 Å². The number of methoxy groups -OCH3 is 1. The molecule has 0 aromatic heterocycles. The van der Waals surface area contributed by atoms with Crippen molar-refractivity contribution in [3.63, 3.8) is 0 Å². The average Bonchev–Trinajstić information content (AvgIpc) is 2.53. The van der Waals surface area contributed by atoms with Crippen molar-refractivity contribution in [2.24, 2.45) is 0 Å². The Morgan fingerprint density at radius 2 is 2.29 bits per heavy atom. The average molecular weight is 288 g/mol. The summed E-state index contributed by atoms with van der Waals surface area (Å²) in [7, 11) is 5.07. The molecule has 1 atom stereocenters. The van der Waals surface area contributed by atoms with E-state index < -0.39 is 0 Å². The molecule has 1 aromatic carbocycles. The van der Waals surface area contributed by atoms with Crippen molar-refractivity contribution in [2.75, 3.05) is 45.7 Å². The van der Waals surface area contributed by atoms with E-state index in [-0.39, 0.29) is 11.9 Å².